The number of benzene rings is 2. The fourth-order valence-corrected chi connectivity index (χ4v) is 2.27. The number of nitrogens with two attached hydrogens (primary N) is 1. The minimum Gasteiger partial charge on any atom is -0.320 e. The summed E-state index contributed by atoms with van der Waals surface area (Å²) in [4.78, 5) is 0. The van der Waals surface area contributed by atoms with Gasteiger partial charge in [-0.3, -0.25) is 0 Å². The minimum atomic E-state index is -1.00. The summed E-state index contributed by atoms with van der Waals surface area (Å²) < 4.78 is 40.1. The topological polar surface area (TPSA) is 26.0 Å². The van der Waals surface area contributed by atoms with Crippen molar-refractivity contribution in [2.45, 2.75) is 6.04 Å². The number of halogens is 4. The fraction of sp³-hybridized carbons (Fsp3) is 0.0769. The lowest BCUT2D eigenvalue weighted by atomic mass is 9.99. The van der Waals surface area contributed by atoms with Crippen molar-refractivity contribution < 1.29 is 13.2 Å². The van der Waals surface area contributed by atoms with Crippen LogP contribution in [0.25, 0.3) is 0 Å². The Kier molecular flexibility index (Phi) is 3.73. The average molecular weight is 316 g/mol. The van der Waals surface area contributed by atoms with Gasteiger partial charge in [0.05, 0.1) is 6.04 Å². The Morgan fingerprint density at radius 3 is 2.28 bits per heavy atom. The van der Waals surface area contributed by atoms with E-state index in [4.69, 9.17) is 5.73 Å². The van der Waals surface area contributed by atoms with E-state index in [1.807, 2.05) is 0 Å². The lowest BCUT2D eigenvalue weighted by Gasteiger charge is -2.15. The third-order valence-corrected chi connectivity index (χ3v) is 3.30. The molecule has 2 rings (SSSR count). The Morgan fingerprint density at radius 2 is 1.67 bits per heavy atom. The van der Waals surface area contributed by atoms with E-state index in [0.717, 1.165) is 12.1 Å². The van der Waals surface area contributed by atoms with Gasteiger partial charge in [-0.05, 0) is 29.8 Å². The van der Waals surface area contributed by atoms with Gasteiger partial charge in [0.2, 0.25) is 0 Å². The van der Waals surface area contributed by atoms with E-state index in [0.29, 0.717) is 10.0 Å². The smallest absolute Gasteiger partial charge is 0.159 e. The summed E-state index contributed by atoms with van der Waals surface area (Å²) in [6, 6.07) is 6.84. The summed E-state index contributed by atoms with van der Waals surface area (Å²) in [5.41, 5.74) is 6.39. The molecule has 0 radical (unpaired) electrons. The van der Waals surface area contributed by atoms with E-state index in [9.17, 15) is 13.2 Å². The predicted molar refractivity (Wildman–Crippen MR) is 66.5 cm³/mol. The van der Waals surface area contributed by atoms with Crippen LogP contribution in [0.4, 0.5) is 13.2 Å². The van der Waals surface area contributed by atoms with Gasteiger partial charge in [0.15, 0.2) is 11.6 Å². The van der Waals surface area contributed by atoms with Gasteiger partial charge >= 0.3 is 0 Å². The molecule has 0 saturated carbocycles. The number of hydrogen-bond donors (Lipinski definition) is 1. The molecule has 0 saturated heterocycles. The molecule has 0 spiro atoms. The Hall–Kier alpha value is -1.33. The average Bonchev–Trinajstić information content (AvgIpc) is 2.32. The zero-order valence-corrected chi connectivity index (χ0v) is 10.7. The minimum absolute atomic E-state index is 0.212. The van der Waals surface area contributed by atoms with Gasteiger partial charge in [-0.25, -0.2) is 13.2 Å². The lowest BCUT2D eigenvalue weighted by molar-refractivity contribution is 0.505. The molecule has 1 nitrogen and oxygen atoms in total. The van der Waals surface area contributed by atoms with Crippen molar-refractivity contribution >= 4 is 15.9 Å². The molecule has 0 fully saturated rings. The quantitative estimate of drug-likeness (QED) is 0.893. The molecule has 2 aromatic rings. The van der Waals surface area contributed by atoms with Crippen molar-refractivity contribution in [2.24, 2.45) is 5.73 Å². The first-order chi connectivity index (χ1) is 8.50. The molecule has 2 N–H and O–H groups in total. The van der Waals surface area contributed by atoms with E-state index in [-0.39, 0.29) is 5.56 Å². The molecule has 0 aliphatic heterocycles. The first kappa shape index (κ1) is 13.1. The van der Waals surface area contributed by atoms with Crippen molar-refractivity contribution in [1.29, 1.82) is 0 Å². The number of hydrogen-bond acceptors (Lipinski definition) is 1. The van der Waals surface area contributed by atoms with Crippen molar-refractivity contribution in [3.63, 3.8) is 0 Å². The van der Waals surface area contributed by atoms with Crippen LogP contribution in [0.5, 0.6) is 0 Å². The maximum atomic E-state index is 13.7. The molecule has 5 heteroatoms. The normalized spacial score (nSPS) is 12.5. The van der Waals surface area contributed by atoms with Crippen LogP contribution >= 0.6 is 15.9 Å². The van der Waals surface area contributed by atoms with Crippen molar-refractivity contribution in [3.8, 4) is 0 Å². The lowest BCUT2D eigenvalue weighted by Crippen LogP contribution is -2.14. The van der Waals surface area contributed by atoms with E-state index < -0.39 is 23.5 Å². The maximum Gasteiger partial charge on any atom is 0.159 e. The van der Waals surface area contributed by atoms with Crippen LogP contribution in [-0.2, 0) is 0 Å². The second kappa shape index (κ2) is 5.12. The summed E-state index contributed by atoms with van der Waals surface area (Å²) in [5, 5.41) is 0. The van der Waals surface area contributed by atoms with Gasteiger partial charge in [-0.15, -0.1) is 0 Å². The van der Waals surface area contributed by atoms with Crippen LogP contribution in [0, 0.1) is 17.5 Å². The molecule has 1 atom stereocenters. The summed E-state index contributed by atoms with van der Waals surface area (Å²) in [5.74, 6) is -2.46. The molecule has 18 heavy (non-hydrogen) atoms. The van der Waals surface area contributed by atoms with Crippen LogP contribution < -0.4 is 5.73 Å². The maximum absolute atomic E-state index is 13.7. The molecule has 0 amide bonds. The molecule has 2 aromatic carbocycles. The monoisotopic (exact) mass is 315 g/mol. The van der Waals surface area contributed by atoms with E-state index >= 15 is 0 Å². The highest BCUT2D eigenvalue weighted by atomic mass is 79.9. The fourth-order valence-electron chi connectivity index (χ4n) is 1.68. The van der Waals surface area contributed by atoms with E-state index in [1.54, 1.807) is 6.07 Å². The van der Waals surface area contributed by atoms with Crippen LogP contribution in [0.1, 0.15) is 17.2 Å². The Labute approximate surface area is 111 Å². The molecule has 1 unspecified atom stereocenters. The highest BCUT2D eigenvalue weighted by Crippen LogP contribution is 2.29. The third kappa shape index (κ3) is 2.42. The molecule has 0 aliphatic rings. The summed E-state index contributed by atoms with van der Waals surface area (Å²) >= 11 is 3.19. The zero-order valence-electron chi connectivity index (χ0n) is 9.13. The summed E-state index contributed by atoms with van der Waals surface area (Å²) in [7, 11) is 0. The van der Waals surface area contributed by atoms with Gasteiger partial charge in [0.1, 0.15) is 5.82 Å². The van der Waals surface area contributed by atoms with Gasteiger partial charge < -0.3 is 5.73 Å². The standard InChI is InChI=1S/C13H9BrF3N/c14-8-2-1-3-10(16)12(8)13(18)7-4-5-9(15)11(17)6-7/h1-6,13H,18H2. The van der Waals surface area contributed by atoms with Crippen molar-refractivity contribution in [3.05, 3.63) is 69.4 Å². The highest BCUT2D eigenvalue weighted by Gasteiger charge is 2.18. The largest absolute Gasteiger partial charge is 0.320 e. The number of rotatable bonds is 2. The zero-order chi connectivity index (χ0) is 13.3. The molecule has 0 aliphatic carbocycles. The Balaban J connectivity index is 2.48. The molecule has 94 valence electrons. The molecular weight excluding hydrogens is 307 g/mol. The van der Waals surface area contributed by atoms with Crippen LogP contribution in [0.15, 0.2) is 40.9 Å². The second-order valence-electron chi connectivity index (χ2n) is 3.79. The second-order valence-corrected chi connectivity index (χ2v) is 4.64. The highest BCUT2D eigenvalue weighted by molar-refractivity contribution is 9.10. The van der Waals surface area contributed by atoms with Crippen molar-refractivity contribution in [1.82, 2.24) is 0 Å². The third-order valence-electron chi connectivity index (χ3n) is 2.61. The molecule has 0 heterocycles. The summed E-state index contributed by atoms with van der Waals surface area (Å²) in [6.45, 7) is 0. The van der Waals surface area contributed by atoms with Gasteiger partial charge in [0, 0.05) is 10.0 Å². The first-order valence-electron chi connectivity index (χ1n) is 5.15. The van der Waals surface area contributed by atoms with Crippen LogP contribution in [-0.4, -0.2) is 0 Å². The molecule has 0 bridgehead atoms. The van der Waals surface area contributed by atoms with Crippen LogP contribution in [0.2, 0.25) is 0 Å². The Bertz CT molecular complexity index is 566. The van der Waals surface area contributed by atoms with Gasteiger partial charge in [-0.2, -0.15) is 0 Å². The van der Waals surface area contributed by atoms with Crippen LogP contribution in [0.3, 0.4) is 0 Å². The van der Waals surface area contributed by atoms with E-state index in [1.165, 1.54) is 18.2 Å². The van der Waals surface area contributed by atoms with Gasteiger partial charge in [0.25, 0.3) is 0 Å². The predicted octanol–water partition coefficient (Wildman–Crippen LogP) is 3.91. The Morgan fingerprint density at radius 1 is 0.944 bits per heavy atom. The van der Waals surface area contributed by atoms with E-state index in [2.05, 4.69) is 15.9 Å². The molecule has 0 aromatic heterocycles. The SMILES string of the molecule is NC(c1ccc(F)c(F)c1)c1c(F)cccc1Br. The molecular formula is C13H9BrF3N. The van der Waals surface area contributed by atoms with Crippen molar-refractivity contribution in [2.75, 3.05) is 0 Å². The van der Waals surface area contributed by atoms with Gasteiger partial charge in [-0.1, -0.05) is 28.1 Å². The summed E-state index contributed by atoms with van der Waals surface area (Å²) in [6.07, 6.45) is 0. The first-order valence-corrected chi connectivity index (χ1v) is 5.94.